The first-order valence-corrected chi connectivity index (χ1v) is 21.2. The second-order valence-electron chi connectivity index (χ2n) is 16.6. The Hall–Kier alpha value is -2.21. The average Bonchev–Trinajstić information content (AvgIpc) is 3.39. The number of fused-ring (bicyclic) bond motifs is 2. The molecular formula is C41H60O8Si. The third-order valence-corrected chi connectivity index (χ3v) is 16.7. The molecule has 2 fully saturated rings. The number of aliphatic hydroxyl groups excluding tert-OH is 1. The van der Waals surface area contributed by atoms with Crippen molar-refractivity contribution in [2.24, 2.45) is 23.2 Å². The maximum atomic E-state index is 14.3. The topological polar surface area (TPSA) is 92.7 Å². The Bertz CT molecular complexity index is 1440. The van der Waals surface area contributed by atoms with Crippen LogP contribution < -0.4 is 0 Å². The van der Waals surface area contributed by atoms with Gasteiger partial charge < -0.3 is 33.2 Å². The summed E-state index contributed by atoms with van der Waals surface area (Å²) < 4.78 is 38.9. The van der Waals surface area contributed by atoms with Gasteiger partial charge >= 0.3 is 0 Å². The maximum absolute atomic E-state index is 14.3. The van der Waals surface area contributed by atoms with Crippen LogP contribution in [0.1, 0.15) is 78.2 Å². The van der Waals surface area contributed by atoms with E-state index in [0.717, 1.165) is 24.0 Å². The third-order valence-electron chi connectivity index (χ3n) is 12.2. The van der Waals surface area contributed by atoms with E-state index in [4.69, 9.17) is 28.1 Å². The number of allylic oxidation sites excluding steroid dienone is 1. The first-order chi connectivity index (χ1) is 23.6. The van der Waals surface area contributed by atoms with Gasteiger partial charge in [0.25, 0.3) is 0 Å². The normalized spacial score (nSPS) is 32.9. The van der Waals surface area contributed by atoms with Crippen LogP contribution in [-0.2, 0) is 39.5 Å². The summed E-state index contributed by atoms with van der Waals surface area (Å²) >= 11 is 0. The smallest absolute Gasteiger partial charge is 0.191 e. The zero-order valence-electron chi connectivity index (χ0n) is 31.6. The fraction of sp³-hybridized carbons (Fsp3) is 0.634. The number of Topliss-reactive ketones (excluding diaryl/α,β-unsaturated/α-hetero) is 1. The van der Waals surface area contributed by atoms with E-state index in [1.807, 2.05) is 67.6 Å². The lowest BCUT2D eigenvalue weighted by Crippen LogP contribution is -2.62. The number of carbonyl (C=O) groups is 1. The van der Waals surface area contributed by atoms with Crippen LogP contribution in [0.25, 0.3) is 0 Å². The molecule has 9 heteroatoms. The fourth-order valence-electron chi connectivity index (χ4n) is 7.85. The summed E-state index contributed by atoms with van der Waals surface area (Å²) in [5, 5.41) is 12.0. The standard InChI is InChI=1S/C41H60O8Si/c1-28-33(24-31-20-21-32(40(31,5)6)37(46-27-44-7)36(43)35(28)42)41(47-25-29-16-12-10-13-17-29)26-45-38(30-18-14-11-15-19-30)49-34(41)22-23-48-50(8,9)39(2,3)4/h10-19,24,28,32-35,37-38,42H,20-23,25-27H2,1-9H3/b31-24-/t28-,32-,33+,34+,35-,37-,38-,41-/m1/s1. The highest BCUT2D eigenvalue weighted by Gasteiger charge is 2.57. The molecule has 8 atom stereocenters. The predicted molar refractivity (Wildman–Crippen MR) is 197 cm³/mol. The third kappa shape index (κ3) is 8.05. The van der Waals surface area contributed by atoms with Crippen molar-refractivity contribution in [1.29, 1.82) is 0 Å². The fourth-order valence-corrected chi connectivity index (χ4v) is 8.91. The number of hydrogen-bond donors (Lipinski definition) is 1. The van der Waals surface area contributed by atoms with Crippen molar-refractivity contribution in [3.63, 3.8) is 0 Å². The Morgan fingerprint density at radius 3 is 2.32 bits per heavy atom. The lowest BCUT2D eigenvalue weighted by atomic mass is 9.70. The van der Waals surface area contributed by atoms with Gasteiger partial charge in [-0.1, -0.05) is 114 Å². The molecule has 2 aromatic rings. The van der Waals surface area contributed by atoms with Crippen molar-refractivity contribution in [3.05, 3.63) is 83.4 Å². The maximum Gasteiger partial charge on any atom is 0.191 e. The Balaban J connectivity index is 1.62. The number of benzene rings is 2. The van der Waals surface area contributed by atoms with Crippen LogP contribution in [0, 0.1) is 23.2 Å². The van der Waals surface area contributed by atoms with E-state index in [-0.39, 0.29) is 35.6 Å². The van der Waals surface area contributed by atoms with Gasteiger partial charge in [-0.05, 0) is 54.3 Å². The predicted octanol–water partition coefficient (Wildman–Crippen LogP) is 8.02. The summed E-state index contributed by atoms with van der Waals surface area (Å²) in [5.74, 6) is -1.40. The molecular weight excluding hydrogens is 649 g/mol. The van der Waals surface area contributed by atoms with E-state index in [1.165, 1.54) is 5.57 Å². The van der Waals surface area contributed by atoms with Crippen LogP contribution in [0.4, 0.5) is 0 Å². The molecule has 2 aromatic carbocycles. The summed E-state index contributed by atoms with van der Waals surface area (Å²) in [6.45, 7) is 18.6. The van der Waals surface area contributed by atoms with Crippen LogP contribution in [0.2, 0.25) is 18.1 Å². The second kappa shape index (κ2) is 15.8. The van der Waals surface area contributed by atoms with Gasteiger partial charge in [-0.25, -0.2) is 0 Å². The summed E-state index contributed by atoms with van der Waals surface area (Å²) in [7, 11) is -0.530. The minimum absolute atomic E-state index is 0.0183. The van der Waals surface area contributed by atoms with Crippen LogP contribution in [0.5, 0.6) is 0 Å². The number of methoxy groups -OCH3 is 1. The highest BCUT2D eigenvalue weighted by molar-refractivity contribution is 6.74. The van der Waals surface area contributed by atoms with Crippen molar-refractivity contribution in [3.8, 4) is 0 Å². The number of hydrogen-bond acceptors (Lipinski definition) is 8. The molecule has 5 rings (SSSR count). The van der Waals surface area contributed by atoms with Gasteiger partial charge in [0.2, 0.25) is 0 Å². The molecule has 2 bridgehead atoms. The monoisotopic (exact) mass is 708 g/mol. The van der Waals surface area contributed by atoms with Crippen LogP contribution in [-0.4, -0.2) is 70.2 Å². The van der Waals surface area contributed by atoms with Crippen LogP contribution in [0.15, 0.2) is 72.3 Å². The quantitative estimate of drug-likeness (QED) is 0.135. The summed E-state index contributed by atoms with van der Waals surface area (Å²) in [6.07, 6.45) is 1.26. The molecule has 0 unspecified atom stereocenters. The van der Waals surface area contributed by atoms with Gasteiger partial charge in [-0.15, -0.1) is 0 Å². The van der Waals surface area contributed by atoms with E-state index < -0.39 is 50.4 Å². The Morgan fingerprint density at radius 2 is 1.68 bits per heavy atom. The van der Waals surface area contributed by atoms with Crippen molar-refractivity contribution in [2.75, 3.05) is 27.1 Å². The van der Waals surface area contributed by atoms with Crippen molar-refractivity contribution in [2.45, 2.75) is 116 Å². The van der Waals surface area contributed by atoms with E-state index in [9.17, 15) is 9.90 Å². The highest BCUT2D eigenvalue weighted by Crippen LogP contribution is 2.54. The van der Waals surface area contributed by atoms with Crippen molar-refractivity contribution >= 4 is 14.1 Å². The molecule has 0 amide bonds. The molecule has 1 heterocycles. The molecule has 1 saturated carbocycles. The first kappa shape index (κ1) is 39.0. The summed E-state index contributed by atoms with van der Waals surface area (Å²) in [6, 6.07) is 20.1. The Morgan fingerprint density at radius 1 is 1.02 bits per heavy atom. The van der Waals surface area contributed by atoms with Gasteiger partial charge in [0.15, 0.2) is 20.4 Å². The minimum atomic E-state index is -2.08. The molecule has 0 aromatic heterocycles. The zero-order valence-corrected chi connectivity index (χ0v) is 32.6. The molecule has 0 radical (unpaired) electrons. The average molecular weight is 709 g/mol. The number of ether oxygens (including phenoxy) is 5. The molecule has 50 heavy (non-hydrogen) atoms. The van der Waals surface area contributed by atoms with E-state index >= 15 is 0 Å². The first-order valence-electron chi connectivity index (χ1n) is 18.3. The van der Waals surface area contributed by atoms with Gasteiger partial charge in [-0.3, -0.25) is 4.79 Å². The molecule has 0 spiro atoms. The minimum Gasteiger partial charge on any atom is -0.417 e. The van der Waals surface area contributed by atoms with Gasteiger partial charge in [-0.2, -0.15) is 0 Å². The van der Waals surface area contributed by atoms with E-state index in [1.54, 1.807) is 7.11 Å². The molecule has 276 valence electrons. The molecule has 3 aliphatic rings. The summed E-state index contributed by atoms with van der Waals surface area (Å²) in [5.41, 5.74) is 1.75. The van der Waals surface area contributed by atoms with Gasteiger partial charge in [0.1, 0.15) is 24.6 Å². The van der Waals surface area contributed by atoms with Crippen molar-refractivity contribution < 1.29 is 38.0 Å². The van der Waals surface area contributed by atoms with E-state index in [2.05, 4.69) is 53.8 Å². The number of aliphatic hydroxyl groups is 1. The van der Waals surface area contributed by atoms with Crippen molar-refractivity contribution in [1.82, 2.24) is 0 Å². The highest BCUT2D eigenvalue weighted by atomic mass is 28.4. The molecule has 1 aliphatic heterocycles. The molecule has 1 saturated heterocycles. The SMILES string of the molecule is COCO[C@H]1C(=O)[C@H](O)[C@H](C)[C@@H]([C@]2(OCc3ccccc3)CO[C@@H](c3ccccc3)O[C@H]2CCO[Si](C)(C)C(C)(C)C)/C=C2/CC[C@H]1C2(C)C. The van der Waals surface area contributed by atoms with Gasteiger partial charge in [0, 0.05) is 31.1 Å². The van der Waals surface area contributed by atoms with Crippen LogP contribution >= 0.6 is 0 Å². The second-order valence-corrected chi connectivity index (χ2v) is 21.4. The molecule has 8 nitrogen and oxygen atoms in total. The largest absolute Gasteiger partial charge is 0.417 e. The number of rotatable bonds is 12. The van der Waals surface area contributed by atoms with Crippen LogP contribution in [0.3, 0.4) is 0 Å². The molecule has 1 N–H and O–H groups in total. The Kier molecular flexibility index (Phi) is 12.3. The zero-order chi connectivity index (χ0) is 36.3. The van der Waals surface area contributed by atoms with E-state index in [0.29, 0.717) is 19.6 Å². The summed E-state index contributed by atoms with van der Waals surface area (Å²) in [4.78, 5) is 14.3. The Labute approximate surface area is 301 Å². The molecule has 2 aliphatic carbocycles. The lowest BCUT2D eigenvalue weighted by molar-refractivity contribution is -0.324. The number of carbonyl (C=O) groups excluding carboxylic acids is 1. The number of ketones is 1. The lowest BCUT2D eigenvalue weighted by Gasteiger charge is -2.52. The van der Waals surface area contributed by atoms with Gasteiger partial charge in [0.05, 0.1) is 19.3 Å².